The largest absolute Gasteiger partial charge is 0.497 e. The van der Waals surface area contributed by atoms with E-state index in [-0.39, 0.29) is 13.4 Å². The van der Waals surface area contributed by atoms with Crippen molar-refractivity contribution in [2.75, 3.05) is 32.0 Å². The molecule has 0 saturated heterocycles. The summed E-state index contributed by atoms with van der Waals surface area (Å²) in [6.45, 7) is 1.61. The summed E-state index contributed by atoms with van der Waals surface area (Å²) in [6, 6.07) is 13.7. The summed E-state index contributed by atoms with van der Waals surface area (Å²) in [5.74, 6) is 2.37. The van der Waals surface area contributed by atoms with E-state index in [2.05, 4.69) is 4.90 Å². The van der Waals surface area contributed by atoms with Crippen molar-refractivity contribution in [2.24, 2.45) is 0 Å². The van der Waals surface area contributed by atoms with Gasteiger partial charge in [-0.3, -0.25) is 0 Å². The quantitative estimate of drug-likeness (QED) is 0.888. The van der Waals surface area contributed by atoms with Gasteiger partial charge in [-0.25, -0.2) is 0 Å². The number of fused-ring (bicyclic) bond motifs is 1. The van der Waals surface area contributed by atoms with Gasteiger partial charge < -0.3 is 24.2 Å². The molecule has 5 nitrogen and oxygen atoms in total. The van der Waals surface area contributed by atoms with E-state index < -0.39 is 0 Å². The summed E-state index contributed by atoms with van der Waals surface area (Å²) < 4.78 is 15.9. The molecule has 2 aromatic rings. The van der Waals surface area contributed by atoms with Gasteiger partial charge in [0.2, 0.25) is 6.79 Å². The molecule has 3 rings (SSSR count). The Kier molecular flexibility index (Phi) is 4.34. The molecule has 0 saturated carbocycles. The van der Waals surface area contributed by atoms with Gasteiger partial charge in [0.1, 0.15) is 5.75 Å². The SMILES string of the molecule is COc1ccc(N(CCO)Cc2ccc3c(c2)OCO3)cc1. The van der Waals surface area contributed by atoms with E-state index in [1.54, 1.807) is 7.11 Å². The second-order valence-corrected chi connectivity index (χ2v) is 5.03. The first-order chi connectivity index (χ1) is 10.8. The summed E-state index contributed by atoms with van der Waals surface area (Å²) in [6.07, 6.45) is 0. The van der Waals surface area contributed by atoms with Crippen LogP contribution in [0.25, 0.3) is 0 Å². The Bertz CT molecular complexity index is 627. The minimum absolute atomic E-state index is 0.0938. The molecule has 22 heavy (non-hydrogen) atoms. The minimum atomic E-state index is 0.0938. The maximum absolute atomic E-state index is 9.32. The highest BCUT2D eigenvalue weighted by Crippen LogP contribution is 2.33. The van der Waals surface area contributed by atoms with Gasteiger partial charge in [0.15, 0.2) is 11.5 Å². The van der Waals surface area contributed by atoms with Crippen molar-refractivity contribution in [1.82, 2.24) is 0 Å². The average Bonchev–Trinajstić information content (AvgIpc) is 3.02. The predicted octanol–water partition coefficient (Wildman–Crippen LogP) is 2.42. The van der Waals surface area contributed by atoms with Crippen LogP contribution in [-0.2, 0) is 6.54 Å². The van der Waals surface area contributed by atoms with Crippen LogP contribution >= 0.6 is 0 Å². The normalized spacial score (nSPS) is 12.3. The van der Waals surface area contributed by atoms with E-state index in [9.17, 15) is 5.11 Å². The standard InChI is InChI=1S/C17H19NO4/c1-20-15-5-3-14(4-6-15)18(8-9-19)11-13-2-7-16-17(10-13)22-12-21-16/h2-7,10,19H,8-9,11-12H2,1H3. The minimum Gasteiger partial charge on any atom is -0.497 e. The number of benzene rings is 2. The zero-order valence-corrected chi connectivity index (χ0v) is 12.5. The van der Waals surface area contributed by atoms with Crippen molar-refractivity contribution in [1.29, 1.82) is 0 Å². The molecule has 0 bridgehead atoms. The van der Waals surface area contributed by atoms with Gasteiger partial charge in [-0.2, -0.15) is 0 Å². The number of ether oxygens (including phenoxy) is 3. The summed E-state index contributed by atoms with van der Waals surface area (Å²) in [5, 5.41) is 9.32. The van der Waals surface area contributed by atoms with Crippen LogP contribution in [0.4, 0.5) is 5.69 Å². The number of aliphatic hydroxyl groups excluding tert-OH is 1. The van der Waals surface area contributed by atoms with Crippen molar-refractivity contribution < 1.29 is 19.3 Å². The summed E-state index contributed by atoms with van der Waals surface area (Å²) in [7, 11) is 1.65. The molecule has 116 valence electrons. The van der Waals surface area contributed by atoms with Crippen LogP contribution in [0.2, 0.25) is 0 Å². The Labute approximate surface area is 129 Å². The molecule has 1 N–H and O–H groups in total. The van der Waals surface area contributed by atoms with E-state index in [0.717, 1.165) is 28.5 Å². The Hall–Kier alpha value is -2.40. The smallest absolute Gasteiger partial charge is 0.231 e. The van der Waals surface area contributed by atoms with E-state index in [1.807, 2.05) is 42.5 Å². The van der Waals surface area contributed by atoms with Crippen molar-refractivity contribution in [3.05, 3.63) is 48.0 Å². The number of aliphatic hydroxyl groups is 1. The number of hydrogen-bond donors (Lipinski definition) is 1. The molecule has 1 aliphatic rings. The van der Waals surface area contributed by atoms with Crippen LogP contribution in [0, 0.1) is 0 Å². The molecule has 1 heterocycles. The first kappa shape index (κ1) is 14.5. The van der Waals surface area contributed by atoms with Gasteiger partial charge in [-0.1, -0.05) is 6.07 Å². The molecule has 0 radical (unpaired) electrons. The van der Waals surface area contributed by atoms with Crippen molar-refractivity contribution >= 4 is 5.69 Å². The van der Waals surface area contributed by atoms with Crippen molar-refractivity contribution in [3.63, 3.8) is 0 Å². The van der Waals surface area contributed by atoms with E-state index >= 15 is 0 Å². The number of rotatable bonds is 6. The van der Waals surface area contributed by atoms with Gasteiger partial charge in [0.25, 0.3) is 0 Å². The van der Waals surface area contributed by atoms with E-state index in [0.29, 0.717) is 13.1 Å². The van der Waals surface area contributed by atoms with Gasteiger partial charge in [-0.05, 0) is 42.0 Å². The van der Waals surface area contributed by atoms with E-state index in [4.69, 9.17) is 14.2 Å². The second kappa shape index (κ2) is 6.58. The summed E-state index contributed by atoms with van der Waals surface area (Å²) in [5.41, 5.74) is 2.14. The molecule has 1 aliphatic heterocycles. The second-order valence-electron chi connectivity index (χ2n) is 5.03. The Morgan fingerprint density at radius 3 is 2.59 bits per heavy atom. The fraction of sp³-hybridized carbons (Fsp3) is 0.294. The molecule has 2 aromatic carbocycles. The number of nitrogens with zero attached hydrogens (tertiary/aromatic N) is 1. The maximum atomic E-state index is 9.32. The van der Waals surface area contributed by atoms with Crippen LogP contribution in [0.15, 0.2) is 42.5 Å². The molecule has 0 atom stereocenters. The fourth-order valence-electron chi connectivity index (χ4n) is 2.47. The highest BCUT2D eigenvalue weighted by Gasteiger charge is 2.15. The van der Waals surface area contributed by atoms with Crippen LogP contribution in [0.1, 0.15) is 5.56 Å². The van der Waals surface area contributed by atoms with E-state index in [1.165, 1.54) is 0 Å². The zero-order valence-electron chi connectivity index (χ0n) is 12.5. The lowest BCUT2D eigenvalue weighted by Gasteiger charge is -2.24. The monoisotopic (exact) mass is 301 g/mol. The third kappa shape index (κ3) is 3.09. The molecular weight excluding hydrogens is 282 g/mol. The topological polar surface area (TPSA) is 51.2 Å². The van der Waals surface area contributed by atoms with Crippen LogP contribution in [-0.4, -0.2) is 32.2 Å². The Morgan fingerprint density at radius 1 is 1.09 bits per heavy atom. The molecule has 0 aromatic heterocycles. The van der Waals surface area contributed by atoms with Gasteiger partial charge in [0.05, 0.1) is 13.7 Å². The van der Waals surface area contributed by atoms with Crippen molar-refractivity contribution in [2.45, 2.75) is 6.54 Å². The lowest BCUT2D eigenvalue weighted by molar-refractivity contribution is 0.174. The molecule has 0 unspecified atom stereocenters. The number of methoxy groups -OCH3 is 1. The third-order valence-electron chi connectivity index (χ3n) is 3.62. The van der Waals surface area contributed by atoms with Crippen molar-refractivity contribution in [3.8, 4) is 17.2 Å². The molecule has 0 spiro atoms. The Balaban J connectivity index is 1.78. The molecule has 0 aliphatic carbocycles. The fourth-order valence-corrected chi connectivity index (χ4v) is 2.47. The first-order valence-corrected chi connectivity index (χ1v) is 7.18. The molecular formula is C17H19NO4. The van der Waals surface area contributed by atoms with Crippen LogP contribution < -0.4 is 19.1 Å². The molecule has 0 amide bonds. The van der Waals surface area contributed by atoms with Crippen LogP contribution in [0.3, 0.4) is 0 Å². The van der Waals surface area contributed by atoms with Gasteiger partial charge >= 0.3 is 0 Å². The highest BCUT2D eigenvalue weighted by atomic mass is 16.7. The van der Waals surface area contributed by atoms with Gasteiger partial charge in [0, 0.05) is 18.8 Å². The predicted molar refractivity (Wildman–Crippen MR) is 83.7 cm³/mol. The summed E-state index contributed by atoms with van der Waals surface area (Å²) >= 11 is 0. The first-order valence-electron chi connectivity index (χ1n) is 7.18. The summed E-state index contributed by atoms with van der Waals surface area (Å²) in [4.78, 5) is 2.11. The highest BCUT2D eigenvalue weighted by molar-refractivity contribution is 5.51. The third-order valence-corrected chi connectivity index (χ3v) is 3.62. The number of anilines is 1. The lowest BCUT2D eigenvalue weighted by atomic mass is 10.1. The lowest BCUT2D eigenvalue weighted by Crippen LogP contribution is -2.26. The molecule has 5 heteroatoms. The molecule has 0 fully saturated rings. The average molecular weight is 301 g/mol. The number of hydrogen-bond acceptors (Lipinski definition) is 5. The Morgan fingerprint density at radius 2 is 1.86 bits per heavy atom. The van der Waals surface area contributed by atoms with Crippen LogP contribution in [0.5, 0.6) is 17.2 Å². The maximum Gasteiger partial charge on any atom is 0.231 e. The zero-order chi connectivity index (χ0) is 15.4. The van der Waals surface area contributed by atoms with Gasteiger partial charge in [-0.15, -0.1) is 0 Å².